The van der Waals surface area contributed by atoms with Gasteiger partial charge in [-0.25, -0.2) is 0 Å². The summed E-state index contributed by atoms with van der Waals surface area (Å²) in [5.41, 5.74) is 11.8. The van der Waals surface area contributed by atoms with Crippen molar-refractivity contribution in [3.8, 4) is 0 Å². The number of nitrogens with two attached hydrogens (primary N) is 2. The topological polar surface area (TPSA) is 81.1 Å². The van der Waals surface area contributed by atoms with Crippen LogP contribution in [0.5, 0.6) is 0 Å². The lowest BCUT2D eigenvalue weighted by atomic mass is 10.1. The number of halogens is 3. The summed E-state index contributed by atoms with van der Waals surface area (Å²) < 4.78 is 35.8. The van der Waals surface area contributed by atoms with E-state index in [9.17, 15) is 18.0 Å². The van der Waals surface area contributed by atoms with E-state index in [-0.39, 0.29) is 17.7 Å². The molecule has 0 aromatic heterocycles. The second-order valence-electron chi connectivity index (χ2n) is 4.13. The standard InChI is InChI=1S/C12H16F3N3O/c13-12(14,15)6-1-2-7-18-9-5-3-4-8(10(9)16)11(17)19/h3-5,18H,1-2,6-7,16H2,(H2,17,19). The number of unbranched alkanes of at least 4 members (excludes halogenated alkanes) is 1. The van der Waals surface area contributed by atoms with Crippen LogP contribution in [0.15, 0.2) is 18.2 Å². The molecule has 0 saturated heterocycles. The highest BCUT2D eigenvalue weighted by Gasteiger charge is 2.25. The molecule has 1 amide bonds. The number of alkyl halides is 3. The maximum atomic E-state index is 11.9. The number of nitrogen functional groups attached to an aromatic ring is 1. The number of anilines is 2. The van der Waals surface area contributed by atoms with Gasteiger partial charge >= 0.3 is 6.18 Å². The van der Waals surface area contributed by atoms with Crippen LogP contribution >= 0.6 is 0 Å². The van der Waals surface area contributed by atoms with Gasteiger partial charge in [-0.15, -0.1) is 0 Å². The van der Waals surface area contributed by atoms with Crippen molar-refractivity contribution in [2.24, 2.45) is 5.73 Å². The number of hydrogen-bond donors (Lipinski definition) is 3. The maximum Gasteiger partial charge on any atom is 0.389 e. The van der Waals surface area contributed by atoms with E-state index in [0.717, 1.165) is 0 Å². The highest BCUT2D eigenvalue weighted by molar-refractivity contribution is 6.00. The van der Waals surface area contributed by atoms with Crippen molar-refractivity contribution in [2.45, 2.75) is 25.4 Å². The van der Waals surface area contributed by atoms with Crippen LogP contribution in [-0.4, -0.2) is 18.6 Å². The van der Waals surface area contributed by atoms with E-state index in [1.165, 1.54) is 6.07 Å². The molecule has 0 atom stereocenters. The number of carbonyl (C=O) groups is 1. The van der Waals surface area contributed by atoms with Crippen LogP contribution in [0.4, 0.5) is 24.5 Å². The summed E-state index contributed by atoms with van der Waals surface area (Å²) in [7, 11) is 0. The van der Waals surface area contributed by atoms with Gasteiger partial charge in [0.2, 0.25) is 0 Å². The van der Waals surface area contributed by atoms with Gasteiger partial charge in [0, 0.05) is 13.0 Å². The second kappa shape index (κ2) is 6.31. The van der Waals surface area contributed by atoms with E-state index in [1.54, 1.807) is 12.1 Å². The minimum atomic E-state index is -4.12. The molecule has 0 aliphatic rings. The van der Waals surface area contributed by atoms with E-state index in [2.05, 4.69) is 5.32 Å². The number of rotatable bonds is 6. The Balaban J connectivity index is 2.46. The van der Waals surface area contributed by atoms with Gasteiger partial charge in [0.15, 0.2) is 0 Å². The molecule has 0 spiro atoms. The molecule has 0 saturated carbocycles. The Labute approximate surface area is 109 Å². The number of carbonyl (C=O) groups excluding carboxylic acids is 1. The van der Waals surface area contributed by atoms with Crippen LogP contribution in [0.2, 0.25) is 0 Å². The average Bonchev–Trinajstić information content (AvgIpc) is 2.28. The van der Waals surface area contributed by atoms with Crippen LogP contribution in [0.1, 0.15) is 29.6 Å². The molecule has 106 valence electrons. The predicted octanol–water partition coefficient (Wildman–Crippen LogP) is 2.51. The Morgan fingerprint density at radius 3 is 2.53 bits per heavy atom. The van der Waals surface area contributed by atoms with Crippen LogP contribution < -0.4 is 16.8 Å². The van der Waals surface area contributed by atoms with Gasteiger partial charge in [0.05, 0.1) is 16.9 Å². The zero-order chi connectivity index (χ0) is 14.5. The molecular formula is C12H16F3N3O. The van der Waals surface area contributed by atoms with Crippen LogP contribution in [0, 0.1) is 0 Å². The van der Waals surface area contributed by atoms with Crippen molar-refractivity contribution in [1.29, 1.82) is 0 Å². The highest BCUT2D eigenvalue weighted by atomic mass is 19.4. The van der Waals surface area contributed by atoms with Gasteiger partial charge in [0.25, 0.3) is 5.91 Å². The number of hydrogen-bond acceptors (Lipinski definition) is 3. The van der Waals surface area contributed by atoms with Gasteiger partial charge in [-0.3, -0.25) is 4.79 Å². The van der Waals surface area contributed by atoms with E-state index in [4.69, 9.17) is 11.5 Å². The molecule has 0 radical (unpaired) electrons. The smallest absolute Gasteiger partial charge is 0.389 e. The summed E-state index contributed by atoms with van der Waals surface area (Å²) in [6, 6.07) is 4.74. The minimum absolute atomic E-state index is 0.0475. The molecule has 0 aliphatic carbocycles. The summed E-state index contributed by atoms with van der Waals surface area (Å²) in [5, 5.41) is 2.89. The van der Waals surface area contributed by atoms with Crippen molar-refractivity contribution in [1.82, 2.24) is 0 Å². The summed E-state index contributed by atoms with van der Waals surface area (Å²) in [4.78, 5) is 11.1. The monoisotopic (exact) mass is 275 g/mol. The van der Waals surface area contributed by atoms with E-state index in [1.807, 2.05) is 0 Å². The number of nitrogens with one attached hydrogen (secondary N) is 1. The van der Waals surface area contributed by atoms with Crippen LogP contribution in [-0.2, 0) is 0 Å². The Morgan fingerprint density at radius 1 is 1.26 bits per heavy atom. The molecule has 0 aliphatic heterocycles. The first kappa shape index (κ1) is 15.1. The normalized spacial score (nSPS) is 11.3. The molecule has 0 heterocycles. The first-order chi connectivity index (χ1) is 8.81. The van der Waals surface area contributed by atoms with Gasteiger partial charge < -0.3 is 16.8 Å². The van der Waals surface area contributed by atoms with Crippen LogP contribution in [0.25, 0.3) is 0 Å². The first-order valence-corrected chi connectivity index (χ1v) is 5.80. The lowest BCUT2D eigenvalue weighted by Gasteiger charge is -2.11. The largest absolute Gasteiger partial charge is 0.396 e. The fraction of sp³-hybridized carbons (Fsp3) is 0.417. The highest BCUT2D eigenvalue weighted by Crippen LogP contribution is 2.24. The van der Waals surface area contributed by atoms with E-state index < -0.39 is 18.5 Å². The Bertz CT molecular complexity index is 446. The zero-order valence-corrected chi connectivity index (χ0v) is 10.3. The zero-order valence-electron chi connectivity index (χ0n) is 10.3. The van der Waals surface area contributed by atoms with Crippen molar-refractivity contribution in [3.63, 3.8) is 0 Å². The Kier molecular flexibility index (Phi) is 5.02. The van der Waals surface area contributed by atoms with Crippen LogP contribution in [0.3, 0.4) is 0 Å². The fourth-order valence-electron chi connectivity index (χ4n) is 1.61. The third-order valence-corrected chi connectivity index (χ3v) is 2.57. The maximum absolute atomic E-state index is 11.9. The molecule has 0 bridgehead atoms. The molecule has 19 heavy (non-hydrogen) atoms. The van der Waals surface area contributed by atoms with E-state index >= 15 is 0 Å². The van der Waals surface area contributed by atoms with Crippen molar-refractivity contribution in [3.05, 3.63) is 23.8 Å². The van der Waals surface area contributed by atoms with Crippen molar-refractivity contribution >= 4 is 17.3 Å². The molecule has 7 heteroatoms. The first-order valence-electron chi connectivity index (χ1n) is 5.80. The molecule has 5 N–H and O–H groups in total. The third-order valence-electron chi connectivity index (χ3n) is 2.57. The van der Waals surface area contributed by atoms with Gasteiger partial charge in [-0.05, 0) is 25.0 Å². The second-order valence-corrected chi connectivity index (χ2v) is 4.13. The van der Waals surface area contributed by atoms with E-state index in [0.29, 0.717) is 18.7 Å². The molecular weight excluding hydrogens is 259 g/mol. The molecule has 1 rings (SSSR count). The lowest BCUT2D eigenvalue weighted by Crippen LogP contribution is -2.15. The number of benzene rings is 1. The molecule has 1 aromatic rings. The number of para-hydroxylation sites is 1. The summed E-state index contributed by atoms with van der Waals surface area (Å²) in [5.74, 6) is -0.641. The Morgan fingerprint density at radius 2 is 1.95 bits per heavy atom. The van der Waals surface area contributed by atoms with Gasteiger partial charge in [0.1, 0.15) is 0 Å². The van der Waals surface area contributed by atoms with Crippen molar-refractivity contribution < 1.29 is 18.0 Å². The molecule has 0 unspecified atom stereocenters. The number of amides is 1. The number of primary amides is 1. The third kappa shape index (κ3) is 5.07. The van der Waals surface area contributed by atoms with Gasteiger partial charge in [-0.2, -0.15) is 13.2 Å². The molecule has 4 nitrogen and oxygen atoms in total. The quantitative estimate of drug-likeness (QED) is 0.551. The van der Waals surface area contributed by atoms with Gasteiger partial charge in [-0.1, -0.05) is 6.07 Å². The summed E-state index contributed by atoms with van der Waals surface area (Å²) >= 11 is 0. The Hall–Kier alpha value is -1.92. The van der Waals surface area contributed by atoms with Crippen molar-refractivity contribution in [2.75, 3.05) is 17.6 Å². The fourth-order valence-corrected chi connectivity index (χ4v) is 1.61. The summed E-state index contributed by atoms with van der Waals surface area (Å²) in [6.07, 6.45) is -4.51. The molecule has 1 aromatic carbocycles. The predicted molar refractivity (Wildman–Crippen MR) is 67.8 cm³/mol. The minimum Gasteiger partial charge on any atom is -0.396 e. The SMILES string of the molecule is NC(=O)c1cccc(NCCCCC(F)(F)F)c1N. The molecule has 0 fully saturated rings. The lowest BCUT2D eigenvalue weighted by molar-refractivity contribution is -0.135. The average molecular weight is 275 g/mol. The summed E-state index contributed by atoms with van der Waals surface area (Å²) in [6.45, 7) is 0.350.